The highest BCUT2D eigenvalue weighted by atomic mass is 16.6. The zero-order chi connectivity index (χ0) is 11.6. The van der Waals surface area contributed by atoms with E-state index >= 15 is 0 Å². The van der Waals surface area contributed by atoms with Crippen molar-refractivity contribution in [3.63, 3.8) is 0 Å². The smallest absolute Gasteiger partial charge is 0.249 e. The topological polar surface area (TPSA) is 61.0 Å². The molecule has 0 spiro atoms. The summed E-state index contributed by atoms with van der Waals surface area (Å²) in [6.45, 7) is 5.45. The maximum atomic E-state index is 10.8. The maximum Gasteiger partial charge on any atom is 0.249 e. The van der Waals surface area contributed by atoms with Gasteiger partial charge in [0.2, 0.25) is 5.70 Å². The standard InChI is InChI=1S/C10H15N3O2/c1-7(2)10(13(14)15)5-9-6-12(4)11-8(9)3/h5-7H,1-4H3. The fourth-order valence-electron chi connectivity index (χ4n) is 1.35. The van der Waals surface area contributed by atoms with Crippen molar-refractivity contribution in [2.24, 2.45) is 13.0 Å². The molecule has 0 aliphatic rings. The van der Waals surface area contributed by atoms with E-state index in [-0.39, 0.29) is 16.5 Å². The van der Waals surface area contributed by atoms with E-state index in [9.17, 15) is 10.1 Å². The van der Waals surface area contributed by atoms with Gasteiger partial charge in [0.1, 0.15) is 0 Å². The van der Waals surface area contributed by atoms with E-state index < -0.39 is 0 Å². The van der Waals surface area contributed by atoms with E-state index in [1.165, 1.54) is 0 Å². The zero-order valence-corrected chi connectivity index (χ0v) is 9.39. The van der Waals surface area contributed by atoms with Crippen molar-refractivity contribution < 1.29 is 4.92 Å². The fraction of sp³-hybridized carbons (Fsp3) is 0.500. The van der Waals surface area contributed by atoms with Gasteiger partial charge in [-0.15, -0.1) is 0 Å². The largest absolute Gasteiger partial charge is 0.275 e. The molecule has 0 aromatic carbocycles. The average molecular weight is 209 g/mol. The highest BCUT2D eigenvalue weighted by molar-refractivity contribution is 5.52. The SMILES string of the molecule is Cc1nn(C)cc1C=C(C(C)C)[N+](=O)[O-]. The molecule has 0 saturated heterocycles. The van der Waals surface area contributed by atoms with Crippen LogP contribution in [0.1, 0.15) is 25.1 Å². The molecule has 82 valence electrons. The maximum absolute atomic E-state index is 10.8. The first kappa shape index (κ1) is 11.4. The molecule has 0 unspecified atom stereocenters. The van der Waals surface area contributed by atoms with Gasteiger partial charge in [0.25, 0.3) is 0 Å². The Morgan fingerprint density at radius 1 is 1.67 bits per heavy atom. The van der Waals surface area contributed by atoms with E-state index in [1.807, 2.05) is 6.92 Å². The molecule has 0 aliphatic carbocycles. The van der Waals surface area contributed by atoms with E-state index in [4.69, 9.17) is 0 Å². The molecule has 15 heavy (non-hydrogen) atoms. The second-order valence-electron chi connectivity index (χ2n) is 3.82. The Bertz CT molecular complexity index is 405. The Hall–Kier alpha value is -1.65. The van der Waals surface area contributed by atoms with Crippen molar-refractivity contribution in [2.75, 3.05) is 0 Å². The molecule has 0 bridgehead atoms. The van der Waals surface area contributed by atoms with Crippen LogP contribution in [0.25, 0.3) is 6.08 Å². The molecular weight excluding hydrogens is 194 g/mol. The van der Waals surface area contributed by atoms with Crippen LogP contribution >= 0.6 is 0 Å². The molecule has 0 aliphatic heterocycles. The lowest BCUT2D eigenvalue weighted by molar-refractivity contribution is -0.431. The minimum absolute atomic E-state index is 0.0976. The first-order valence-corrected chi connectivity index (χ1v) is 4.78. The van der Waals surface area contributed by atoms with Gasteiger partial charge in [-0.3, -0.25) is 14.8 Å². The third-order valence-electron chi connectivity index (χ3n) is 2.16. The molecule has 1 aromatic heterocycles. The summed E-state index contributed by atoms with van der Waals surface area (Å²) in [6, 6.07) is 0. The molecular formula is C10H15N3O2. The third-order valence-corrected chi connectivity index (χ3v) is 2.16. The number of nitrogens with zero attached hydrogens (tertiary/aromatic N) is 3. The van der Waals surface area contributed by atoms with Crippen LogP contribution in [0.2, 0.25) is 0 Å². The molecule has 0 amide bonds. The third kappa shape index (κ3) is 2.65. The predicted molar refractivity (Wildman–Crippen MR) is 57.8 cm³/mol. The summed E-state index contributed by atoms with van der Waals surface area (Å²) < 4.78 is 1.65. The van der Waals surface area contributed by atoms with Gasteiger partial charge in [-0.2, -0.15) is 5.10 Å². The summed E-state index contributed by atoms with van der Waals surface area (Å²) in [7, 11) is 1.80. The molecule has 5 nitrogen and oxygen atoms in total. The predicted octanol–water partition coefficient (Wildman–Crippen LogP) is 2.00. The van der Waals surface area contributed by atoms with Crippen LogP contribution in [0.5, 0.6) is 0 Å². The second-order valence-corrected chi connectivity index (χ2v) is 3.82. The molecule has 1 aromatic rings. The summed E-state index contributed by atoms with van der Waals surface area (Å²) >= 11 is 0. The first-order chi connectivity index (χ1) is 6.91. The summed E-state index contributed by atoms with van der Waals surface area (Å²) in [5.41, 5.74) is 1.82. The van der Waals surface area contributed by atoms with Gasteiger partial charge in [-0.1, -0.05) is 13.8 Å². The minimum Gasteiger partial charge on any atom is -0.275 e. The lowest BCUT2D eigenvalue weighted by Gasteiger charge is -2.00. The van der Waals surface area contributed by atoms with Gasteiger partial charge in [0.05, 0.1) is 10.6 Å². The van der Waals surface area contributed by atoms with E-state index in [0.29, 0.717) is 0 Å². The van der Waals surface area contributed by atoms with E-state index in [2.05, 4.69) is 5.10 Å². The first-order valence-electron chi connectivity index (χ1n) is 4.78. The number of aromatic nitrogens is 2. The number of allylic oxidation sites excluding steroid dienone is 1. The second kappa shape index (κ2) is 4.25. The molecule has 5 heteroatoms. The quantitative estimate of drug-likeness (QED) is 0.565. The number of rotatable bonds is 3. The molecule has 1 rings (SSSR count). The van der Waals surface area contributed by atoms with Crippen molar-refractivity contribution in [1.29, 1.82) is 0 Å². The molecule has 0 atom stereocenters. The minimum atomic E-state index is -0.336. The van der Waals surface area contributed by atoms with Gasteiger partial charge in [0.15, 0.2) is 0 Å². The van der Waals surface area contributed by atoms with E-state index in [0.717, 1.165) is 11.3 Å². The van der Waals surface area contributed by atoms with Gasteiger partial charge >= 0.3 is 0 Å². The monoisotopic (exact) mass is 209 g/mol. The van der Waals surface area contributed by atoms with Crippen molar-refractivity contribution in [3.05, 3.63) is 33.3 Å². The van der Waals surface area contributed by atoms with Crippen molar-refractivity contribution >= 4 is 6.08 Å². The molecule has 0 radical (unpaired) electrons. The highest BCUT2D eigenvalue weighted by Gasteiger charge is 2.16. The molecule has 1 heterocycles. The Labute approximate surface area is 88.6 Å². The normalized spacial score (nSPS) is 12.2. The van der Waals surface area contributed by atoms with Crippen LogP contribution in [-0.2, 0) is 7.05 Å². The Kier molecular flexibility index (Phi) is 3.24. The Balaban J connectivity index is 3.13. The summed E-state index contributed by atoms with van der Waals surface area (Å²) in [6.07, 6.45) is 3.37. The lowest BCUT2D eigenvalue weighted by Crippen LogP contribution is -2.05. The number of nitro groups is 1. The van der Waals surface area contributed by atoms with Crippen molar-refractivity contribution in [1.82, 2.24) is 9.78 Å². The number of aryl methyl sites for hydroxylation is 2. The number of hydrogen-bond donors (Lipinski definition) is 0. The van der Waals surface area contributed by atoms with Gasteiger partial charge in [0, 0.05) is 30.8 Å². The highest BCUT2D eigenvalue weighted by Crippen LogP contribution is 2.16. The Morgan fingerprint density at radius 3 is 2.60 bits per heavy atom. The van der Waals surface area contributed by atoms with Crippen LogP contribution in [0.4, 0.5) is 0 Å². The summed E-state index contributed by atoms with van der Waals surface area (Å²) in [4.78, 5) is 10.4. The fourth-order valence-corrected chi connectivity index (χ4v) is 1.35. The van der Waals surface area contributed by atoms with Gasteiger partial charge in [-0.25, -0.2) is 0 Å². The van der Waals surface area contributed by atoms with Crippen LogP contribution in [0, 0.1) is 23.0 Å². The van der Waals surface area contributed by atoms with E-state index in [1.54, 1.807) is 37.8 Å². The van der Waals surface area contributed by atoms with Gasteiger partial charge < -0.3 is 0 Å². The average Bonchev–Trinajstić information content (AvgIpc) is 2.39. The van der Waals surface area contributed by atoms with Crippen molar-refractivity contribution in [3.8, 4) is 0 Å². The summed E-state index contributed by atoms with van der Waals surface area (Å²) in [5, 5.41) is 14.9. The van der Waals surface area contributed by atoms with Gasteiger partial charge in [-0.05, 0) is 6.92 Å². The summed E-state index contributed by atoms with van der Waals surface area (Å²) in [5.74, 6) is -0.0976. The van der Waals surface area contributed by atoms with Crippen LogP contribution in [0.15, 0.2) is 11.9 Å². The van der Waals surface area contributed by atoms with Crippen LogP contribution in [0.3, 0.4) is 0 Å². The lowest BCUT2D eigenvalue weighted by atomic mass is 10.1. The van der Waals surface area contributed by atoms with Crippen LogP contribution < -0.4 is 0 Å². The molecule has 0 fully saturated rings. The molecule has 0 N–H and O–H groups in total. The van der Waals surface area contributed by atoms with Crippen LogP contribution in [-0.4, -0.2) is 14.7 Å². The Morgan fingerprint density at radius 2 is 2.27 bits per heavy atom. The zero-order valence-electron chi connectivity index (χ0n) is 9.39. The van der Waals surface area contributed by atoms with Crippen molar-refractivity contribution in [2.45, 2.75) is 20.8 Å². The number of hydrogen-bond acceptors (Lipinski definition) is 3. The molecule has 0 saturated carbocycles.